The molecule has 2 heterocycles. The normalized spacial score (nSPS) is 14.5. The van der Waals surface area contributed by atoms with Gasteiger partial charge >= 0.3 is 5.97 Å². The highest BCUT2D eigenvalue weighted by Crippen LogP contribution is 2.21. The van der Waals surface area contributed by atoms with Crippen molar-refractivity contribution in [3.8, 4) is 17.1 Å². The van der Waals surface area contributed by atoms with Crippen molar-refractivity contribution in [2.24, 2.45) is 5.92 Å². The molecule has 0 aliphatic carbocycles. The molecule has 30 heavy (non-hydrogen) atoms. The van der Waals surface area contributed by atoms with Gasteiger partial charge in [-0.1, -0.05) is 55.5 Å². The van der Waals surface area contributed by atoms with E-state index >= 15 is 0 Å². The molecule has 1 aromatic heterocycles. The van der Waals surface area contributed by atoms with Crippen molar-refractivity contribution in [2.45, 2.75) is 19.8 Å². The Hall–Kier alpha value is -3.48. The number of hydrogen-bond donors (Lipinski definition) is 0. The second kappa shape index (κ2) is 8.90. The van der Waals surface area contributed by atoms with Gasteiger partial charge in [-0.05, 0) is 30.9 Å². The average Bonchev–Trinajstić information content (AvgIpc) is 3.24. The maximum Gasteiger partial charge on any atom is 0.378 e. The molecule has 1 aliphatic heterocycles. The van der Waals surface area contributed by atoms with E-state index in [0.29, 0.717) is 24.8 Å². The highest BCUT2D eigenvalue weighted by molar-refractivity contribution is 5.88. The fraction of sp³-hybridized carbons (Fsp3) is 0.304. The van der Waals surface area contributed by atoms with E-state index in [-0.39, 0.29) is 18.3 Å². The molecule has 4 rings (SSSR count). The van der Waals surface area contributed by atoms with Gasteiger partial charge in [-0.3, -0.25) is 4.79 Å². The number of ether oxygens (including phenoxy) is 1. The number of rotatable bonds is 5. The number of piperidine rings is 1. The largest absolute Gasteiger partial charge is 0.450 e. The summed E-state index contributed by atoms with van der Waals surface area (Å²) in [6.45, 7) is 3.29. The van der Waals surface area contributed by atoms with Crippen molar-refractivity contribution in [3.05, 3.63) is 66.5 Å². The first-order valence-corrected chi connectivity index (χ1v) is 10.1. The first-order valence-electron chi connectivity index (χ1n) is 10.1. The average molecular weight is 404 g/mol. The molecule has 1 fully saturated rings. The molecular formula is C23H24N4O3. The van der Waals surface area contributed by atoms with Crippen molar-refractivity contribution in [1.82, 2.24) is 19.7 Å². The maximum absolute atomic E-state index is 12.6. The minimum Gasteiger partial charge on any atom is -0.450 e. The van der Waals surface area contributed by atoms with Crippen molar-refractivity contribution < 1.29 is 14.3 Å². The van der Waals surface area contributed by atoms with E-state index in [1.165, 1.54) is 0 Å². The van der Waals surface area contributed by atoms with Crippen LogP contribution in [0.2, 0.25) is 0 Å². The van der Waals surface area contributed by atoms with Crippen LogP contribution in [0.15, 0.2) is 60.7 Å². The van der Waals surface area contributed by atoms with Crippen LogP contribution < -0.4 is 0 Å². The Kier molecular flexibility index (Phi) is 5.88. The van der Waals surface area contributed by atoms with Gasteiger partial charge in [0, 0.05) is 18.7 Å². The van der Waals surface area contributed by atoms with Gasteiger partial charge in [0.2, 0.25) is 0 Å². The molecule has 0 spiro atoms. The summed E-state index contributed by atoms with van der Waals surface area (Å²) in [6.07, 6.45) is 1.95. The van der Waals surface area contributed by atoms with Crippen LogP contribution >= 0.6 is 0 Å². The van der Waals surface area contributed by atoms with Gasteiger partial charge in [-0.25, -0.2) is 14.5 Å². The van der Waals surface area contributed by atoms with Crippen molar-refractivity contribution in [3.63, 3.8) is 0 Å². The number of aromatic nitrogens is 3. The van der Waals surface area contributed by atoms with Gasteiger partial charge in [0.15, 0.2) is 12.4 Å². The molecule has 1 aliphatic rings. The number of carbonyl (C=O) groups excluding carboxylic acids is 2. The zero-order valence-corrected chi connectivity index (χ0v) is 16.9. The van der Waals surface area contributed by atoms with Gasteiger partial charge in [-0.2, -0.15) is 0 Å². The van der Waals surface area contributed by atoms with Crippen LogP contribution in [0.4, 0.5) is 0 Å². The zero-order chi connectivity index (χ0) is 20.9. The van der Waals surface area contributed by atoms with Crippen LogP contribution in [0.3, 0.4) is 0 Å². The first kappa shape index (κ1) is 19.8. The fourth-order valence-corrected chi connectivity index (χ4v) is 3.46. The Balaban J connectivity index is 1.52. The molecule has 1 amide bonds. The van der Waals surface area contributed by atoms with E-state index in [4.69, 9.17) is 4.74 Å². The summed E-state index contributed by atoms with van der Waals surface area (Å²) in [5, 5.41) is 4.36. The van der Waals surface area contributed by atoms with E-state index in [9.17, 15) is 9.59 Å². The van der Waals surface area contributed by atoms with E-state index in [0.717, 1.165) is 24.1 Å². The number of esters is 1. The number of para-hydroxylation sites is 1. The molecule has 0 atom stereocenters. The summed E-state index contributed by atoms with van der Waals surface area (Å²) >= 11 is 0. The summed E-state index contributed by atoms with van der Waals surface area (Å²) in [6, 6.07) is 19.0. The van der Waals surface area contributed by atoms with Gasteiger partial charge in [0.1, 0.15) is 0 Å². The Morgan fingerprint density at radius 2 is 1.63 bits per heavy atom. The van der Waals surface area contributed by atoms with Gasteiger partial charge in [0.25, 0.3) is 11.7 Å². The molecule has 1 saturated heterocycles. The second-order valence-electron chi connectivity index (χ2n) is 7.51. The number of likely N-dealkylation sites (tertiary alicyclic amines) is 1. The lowest BCUT2D eigenvalue weighted by molar-refractivity contribution is -0.135. The molecule has 0 unspecified atom stereocenters. The third-order valence-corrected chi connectivity index (χ3v) is 5.29. The van der Waals surface area contributed by atoms with Crippen LogP contribution in [0, 0.1) is 5.92 Å². The topological polar surface area (TPSA) is 77.3 Å². The lowest BCUT2D eigenvalue weighted by Gasteiger charge is -2.30. The highest BCUT2D eigenvalue weighted by atomic mass is 16.5. The third-order valence-electron chi connectivity index (χ3n) is 5.29. The van der Waals surface area contributed by atoms with E-state index in [1.54, 1.807) is 9.58 Å². The zero-order valence-electron chi connectivity index (χ0n) is 16.9. The number of carbonyl (C=O) groups is 2. The van der Waals surface area contributed by atoms with Crippen molar-refractivity contribution >= 4 is 11.9 Å². The SMILES string of the molecule is CC1CCN(C(=O)COC(=O)c2nc(-c3ccccc3)n(-c3ccccc3)n2)CC1. The highest BCUT2D eigenvalue weighted by Gasteiger charge is 2.24. The molecule has 0 radical (unpaired) electrons. The third kappa shape index (κ3) is 4.40. The van der Waals surface area contributed by atoms with Crippen molar-refractivity contribution in [1.29, 1.82) is 0 Å². The number of nitrogens with zero attached hydrogens (tertiary/aromatic N) is 4. The lowest BCUT2D eigenvalue weighted by Crippen LogP contribution is -2.40. The molecule has 7 heteroatoms. The maximum atomic E-state index is 12.6. The van der Waals surface area contributed by atoms with Crippen LogP contribution in [0.25, 0.3) is 17.1 Å². The quantitative estimate of drug-likeness (QED) is 0.610. The second-order valence-corrected chi connectivity index (χ2v) is 7.51. The van der Waals surface area contributed by atoms with E-state index < -0.39 is 5.97 Å². The molecule has 2 aromatic carbocycles. The van der Waals surface area contributed by atoms with E-state index in [2.05, 4.69) is 17.0 Å². The van der Waals surface area contributed by atoms with E-state index in [1.807, 2.05) is 60.7 Å². The summed E-state index contributed by atoms with van der Waals surface area (Å²) in [4.78, 5) is 31.1. The first-order chi connectivity index (χ1) is 14.6. The molecule has 3 aromatic rings. The molecule has 0 N–H and O–H groups in total. The number of benzene rings is 2. The summed E-state index contributed by atoms with van der Waals surface area (Å²) in [7, 11) is 0. The fourth-order valence-electron chi connectivity index (χ4n) is 3.46. The standard InChI is InChI=1S/C23H24N4O3/c1-17-12-14-26(15-13-17)20(28)16-30-23(29)21-24-22(18-8-4-2-5-9-18)27(25-21)19-10-6-3-7-11-19/h2-11,17H,12-16H2,1H3. The molecule has 0 saturated carbocycles. The lowest BCUT2D eigenvalue weighted by atomic mass is 9.99. The monoisotopic (exact) mass is 404 g/mol. The molecule has 7 nitrogen and oxygen atoms in total. The Morgan fingerprint density at radius 1 is 1.00 bits per heavy atom. The Labute approximate surface area is 175 Å². The van der Waals surface area contributed by atoms with Gasteiger partial charge in [-0.15, -0.1) is 5.10 Å². The summed E-state index contributed by atoms with van der Waals surface area (Å²) in [5.41, 5.74) is 1.60. The summed E-state index contributed by atoms with van der Waals surface area (Å²) in [5.74, 6) is 0.198. The van der Waals surface area contributed by atoms with Crippen molar-refractivity contribution in [2.75, 3.05) is 19.7 Å². The Morgan fingerprint density at radius 3 is 2.30 bits per heavy atom. The predicted octanol–water partition coefficient (Wildman–Crippen LogP) is 3.35. The summed E-state index contributed by atoms with van der Waals surface area (Å²) < 4.78 is 6.85. The smallest absolute Gasteiger partial charge is 0.378 e. The molecular weight excluding hydrogens is 380 g/mol. The van der Waals surface area contributed by atoms with Gasteiger partial charge < -0.3 is 9.64 Å². The van der Waals surface area contributed by atoms with Crippen LogP contribution in [-0.4, -0.2) is 51.2 Å². The minimum atomic E-state index is -0.708. The Bertz CT molecular complexity index is 952. The minimum absolute atomic E-state index is 0.0715. The molecule has 154 valence electrons. The molecule has 0 bridgehead atoms. The van der Waals surface area contributed by atoms with Crippen LogP contribution in [0.1, 0.15) is 30.4 Å². The number of hydrogen-bond acceptors (Lipinski definition) is 5. The van der Waals surface area contributed by atoms with Gasteiger partial charge in [0.05, 0.1) is 5.69 Å². The predicted molar refractivity (Wildman–Crippen MR) is 112 cm³/mol. The van der Waals surface area contributed by atoms with Crippen LogP contribution in [0.5, 0.6) is 0 Å². The number of amides is 1. The van der Waals surface area contributed by atoms with Crippen LogP contribution in [-0.2, 0) is 9.53 Å².